The van der Waals surface area contributed by atoms with Crippen molar-refractivity contribution in [3.63, 3.8) is 0 Å². The minimum Gasteiger partial charge on any atom is -0.289 e. The first-order chi connectivity index (χ1) is 10.4. The molecule has 5 nitrogen and oxygen atoms in total. The van der Waals surface area contributed by atoms with Crippen LogP contribution in [0.25, 0.3) is 12.2 Å². The van der Waals surface area contributed by atoms with Crippen molar-refractivity contribution in [2.45, 2.75) is 26.7 Å². The Hall–Kier alpha value is -2.43. The van der Waals surface area contributed by atoms with Crippen LogP contribution in [0.1, 0.15) is 35.4 Å². The fourth-order valence-corrected chi connectivity index (χ4v) is 2.87. The average Bonchev–Trinajstić information content (AvgIpc) is 3.04. The molecule has 0 atom stereocenters. The van der Waals surface area contributed by atoms with Crippen LogP contribution in [0, 0.1) is 13.8 Å². The molecule has 5 heteroatoms. The third-order valence-electron chi connectivity index (χ3n) is 4.01. The van der Waals surface area contributed by atoms with Crippen molar-refractivity contribution in [3.8, 4) is 0 Å². The number of ketones is 1. The monoisotopic (exact) mass is 296 g/mol. The van der Waals surface area contributed by atoms with Gasteiger partial charge in [-0.2, -0.15) is 10.2 Å². The predicted octanol–water partition coefficient (Wildman–Crippen LogP) is 2.60. The summed E-state index contributed by atoms with van der Waals surface area (Å²) in [6.45, 7) is 3.92. The minimum absolute atomic E-state index is 0.145. The van der Waals surface area contributed by atoms with E-state index in [2.05, 4.69) is 10.2 Å². The van der Waals surface area contributed by atoms with E-state index in [1.807, 2.05) is 52.5 Å². The second kappa shape index (κ2) is 5.40. The normalized spacial score (nSPS) is 18.8. The van der Waals surface area contributed by atoms with Crippen LogP contribution >= 0.6 is 0 Å². The van der Waals surface area contributed by atoms with Crippen LogP contribution in [0.15, 0.2) is 23.5 Å². The number of aromatic nitrogens is 4. The molecule has 22 heavy (non-hydrogen) atoms. The SMILES string of the molecule is Cc1nn(C)cc1/C=C1/CC/C(=C\c2cn(C)nc2C)C1=O. The maximum atomic E-state index is 12.6. The van der Waals surface area contributed by atoms with Gasteiger partial charge < -0.3 is 0 Å². The first kappa shape index (κ1) is 14.5. The fourth-order valence-electron chi connectivity index (χ4n) is 2.87. The van der Waals surface area contributed by atoms with Gasteiger partial charge in [-0.3, -0.25) is 14.2 Å². The quantitative estimate of drug-likeness (QED) is 0.800. The largest absolute Gasteiger partial charge is 0.289 e. The smallest absolute Gasteiger partial charge is 0.185 e. The Morgan fingerprint density at radius 2 is 1.32 bits per heavy atom. The van der Waals surface area contributed by atoms with Gasteiger partial charge in [0, 0.05) is 48.8 Å². The number of rotatable bonds is 2. The van der Waals surface area contributed by atoms with E-state index in [9.17, 15) is 4.79 Å². The molecule has 1 saturated carbocycles. The van der Waals surface area contributed by atoms with Crippen molar-refractivity contribution >= 4 is 17.9 Å². The number of carbonyl (C=O) groups excluding carboxylic acids is 1. The highest BCUT2D eigenvalue weighted by Gasteiger charge is 2.23. The van der Waals surface area contributed by atoms with Gasteiger partial charge in [0.15, 0.2) is 5.78 Å². The molecule has 0 N–H and O–H groups in total. The van der Waals surface area contributed by atoms with E-state index in [1.165, 1.54) is 0 Å². The zero-order valence-electron chi connectivity index (χ0n) is 13.4. The number of allylic oxidation sites excluding steroid dienone is 2. The number of carbonyl (C=O) groups is 1. The first-order valence-electron chi connectivity index (χ1n) is 7.40. The summed E-state index contributed by atoms with van der Waals surface area (Å²) >= 11 is 0. The first-order valence-corrected chi connectivity index (χ1v) is 7.40. The summed E-state index contributed by atoms with van der Waals surface area (Å²) in [6.07, 6.45) is 9.42. The zero-order chi connectivity index (χ0) is 15.9. The molecule has 114 valence electrons. The standard InChI is InChI=1S/C17H20N4O/c1-11-15(9-20(3)18-11)7-13-5-6-14(17(13)22)8-16-10-21(4)19-12(16)2/h7-10H,5-6H2,1-4H3/b13-7-,14-8+. The van der Waals surface area contributed by atoms with Crippen molar-refractivity contribution in [2.75, 3.05) is 0 Å². The molecule has 0 amide bonds. The molecule has 2 heterocycles. The lowest BCUT2D eigenvalue weighted by atomic mass is 10.1. The lowest BCUT2D eigenvalue weighted by Gasteiger charge is -1.95. The van der Waals surface area contributed by atoms with Crippen LogP contribution < -0.4 is 0 Å². The molecule has 0 aliphatic heterocycles. The van der Waals surface area contributed by atoms with Crippen molar-refractivity contribution in [2.24, 2.45) is 14.1 Å². The van der Waals surface area contributed by atoms with Gasteiger partial charge in [-0.25, -0.2) is 0 Å². The Balaban J connectivity index is 1.89. The Labute approximate surface area is 129 Å². The number of hydrogen-bond donors (Lipinski definition) is 0. The molecular weight excluding hydrogens is 276 g/mol. The van der Waals surface area contributed by atoms with Gasteiger partial charge in [0.2, 0.25) is 0 Å². The second-order valence-electron chi connectivity index (χ2n) is 5.86. The number of hydrogen-bond acceptors (Lipinski definition) is 3. The molecule has 1 fully saturated rings. The van der Waals surface area contributed by atoms with E-state index in [4.69, 9.17) is 0 Å². The molecule has 0 bridgehead atoms. The molecule has 2 aromatic heterocycles. The highest BCUT2D eigenvalue weighted by molar-refractivity contribution is 6.15. The van der Waals surface area contributed by atoms with Gasteiger partial charge in [-0.1, -0.05) is 0 Å². The molecule has 0 unspecified atom stereocenters. The van der Waals surface area contributed by atoms with E-state index in [-0.39, 0.29) is 5.78 Å². The molecule has 1 aliphatic rings. The third kappa shape index (κ3) is 2.66. The lowest BCUT2D eigenvalue weighted by molar-refractivity contribution is -0.111. The van der Waals surface area contributed by atoms with E-state index < -0.39 is 0 Å². The average molecular weight is 296 g/mol. The van der Waals surface area contributed by atoms with Gasteiger partial charge in [0.05, 0.1) is 11.4 Å². The Morgan fingerprint density at radius 3 is 1.64 bits per heavy atom. The van der Waals surface area contributed by atoms with Crippen molar-refractivity contribution in [1.82, 2.24) is 19.6 Å². The molecule has 3 rings (SSSR count). The minimum atomic E-state index is 0.145. The maximum Gasteiger partial charge on any atom is 0.185 e. The van der Waals surface area contributed by atoms with Crippen LogP contribution in [0.2, 0.25) is 0 Å². The summed E-state index contributed by atoms with van der Waals surface area (Å²) in [5.41, 5.74) is 5.66. The number of nitrogens with zero attached hydrogens (tertiary/aromatic N) is 4. The molecule has 0 saturated heterocycles. The van der Waals surface area contributed by atoms with Crippen molar-refractivity contribution in [3.05, 3.63) is 46.1 Å². The van der Waals surface area contributed by atoms with E-state index in [0.29, 0.717) is 0 Å². The molecule has 0 radical (unpaired) electrons. The summed E-state index contributed by atoms with van der Waals surface area (Å²) in [6, 6.07) is 0. The topological polar surface area (TPSA) is 52.7 Å². The Bertz CT molecular complexity index is 738. The van der Waals surface area contributed by atoms with Crippen LogP contribution in [-0.4, -0.2) is 25.3 Å². The second-order valence-corrected chi connectivity index (χ2v) is 5.86. The van der Waals surface area contributed by atoms with Crippen LogP contribution in [-0.2, 0) is 18.9 Å². The predicted molar refractivity (Wildman–Crippen MR) is 86.1 cm³/mol. The van der Waals surface area contributed by atoms with E-state index in [1.54, 1.807) is 9.36 Å². The summed E-state index contributed by atoms with van der Waals surface area (Å²) in [5, 5.41) is 8.63. The van der Waals surface area contributed by atoms with Gasteiger partial charge in [0.25, 0.3) is 0 Å². The van der Waals surface area contributed by atoms with Crippen LogP contribution in [0.4, 0.5) is 0 Å². The summed E-state index contributed by atoms with van der Waals surface area (Å²) in [5.74, 6) is 0.145. The molecule has 2 aromatic rings. The molecule has 0 spiro atoms. The fraction of sp³-hybridized carbons (Fsp3) is 0.353. The Morgan fingerprint density at radius 1 is 0.909 bits per heavy atom. The van der Waals surface area contributed by atoms with Gasteiger partial charge in [-0.05, 0) is 38.8 Å². The summed E-state index contributed by atoms with van der Waals surface area (Å²) in [4.78, 5) is 12.6. The van der Waals surface area contributed by atoms with E-state index >= 15 is 0 Å². The lowest BCUT2D eigenvalue weighted by Crippen LogP contribution is -1.95. The highest BCUT2D eigenvalue weighted by Crippen LogP contribution is 2.30. The van der Waals surface area contributed by atoms with E-state index in [0.717, 1.165) is 46.5 Å². The van der Waals surface area contributed by atoms with Gasteiger partial charge in [-0.15, -0.1) is 0 Å². The van der Waals surface area contributed by atoms with Crippen LogP contribution in [0.5, 0.6) is 0 Å². The summed E-state index contributed by atoms with van der Waals surface area (Å²) in [7, 11) is 3.78. The summed E-state index contributed by atoms with van der Waals surface area (Å²) < 4.78 is 3.55. The highest BCUT2D eigenvalue weighted by atomic mass is 16.1. The Kier molecular flexibility index (Phi) is 3.56. The third-order valence-corrected chi connectivity index (χ3v) is 4.01. The van der Waals surface area contributed by atoms with Gasteiger partial charge >= 0.3 is 0 Å². The molecule has 1 aliphatic carbocycles. The molecular formula is C17H20N4O. The number of aryl methyl sites for hydroxylation is 4. The van der Waals surface area contributed by atoms with Gasteiger partial charge in [0.1, 0.15) is 0 Å². The maximum absolute atomic E-state index is 12.6. The molecule has 0 aromatic carbocycles. The van der Waals surface area contributed by atoms with Crippen molar-refractivity contribution in [1.29, 1.82) is 0 Å². The number of Topliss-reactive ketones (excluding diaryl/α,β-unsaturated/α-hetero) is 1. The zero-order valence-corrected chi connectivity index (χ0v) is 13.4. The van der Waals surface area contributed by atoms with Crippen molar-refractivity contribution < 1.29 is 4.79 Å². The van der Waals surface area contributed by atoms with Crippen LogP contribution in [0.3, 0.4) is 0 Å².